The number of hydrogen-bond acceptors (Lipinski definition) is 4. The molecule has 0 saturated heterocycles. The Balaban J connectivity index is 1.81. The maximum absolute atomic E-state index is 11.9. The van der Waals surface area contributed by atoms with E-state index in [-0.39, 0.29) is 17.0 Å². The van der Waals surface area contributed by atoms with Crippen molar-refractivity contribution in [2.75, 3.05) is 0 Å². The van der Waals surface area contributed by atoms with E-state index in [0.29, 0.717) is 11.2 Å². The Morgan fingerprint density at radius 3 is 2.52 bits per heavy atom. The van der Waals surface area contributed by atoms with Crippen molar-refractivity contribution < 1.29 is 13.9 Å². The highest BCUT2D eigenvalue weighted by molar-refractivity contribution is 9.10. The Bertz CT molecular complexity index is 683. The first-order chi connectivity index (χ1) is 10.9. The summed E-state index contributed by atoms with van der Waals surface area (Å²) in [6.45, 7) is 4.46. The number of carbonyl (C=O) groups is 1. The van der Waals surface area contributed by atoms with Crippen LogP contribution >= 0.6 is 28.1 Å². The summed E-state index contributed by atoms with van der Waals surface area (Å²) < 4.78 is 11.2. The third-order valence-corrected chi connectivity index (χ3v) is 3.44. The quantitative estimate of drug-likeness (QED) is 0.755. The molecule has 5 nitrogen and oxygen atoms in total. The molecule has 0 aliphatic carbocycles. The van der Waals surface area contributed by atoms with Crippen molar-refractivity contribution in [1.29, 1.82) is 0 Å². The first-order valence-corrected chi connectivity index (χ1v) is 8.24. The van der Waals surface area contributed by atoms with Gasteiger partial charge < -0.3 is 14.5 Å². The largest absolute Gasteiger partial charge is 0.491 e. The van der Waals surface area contributed by atoms with Crippen molar-refractivity contribution in [3.63, 3.8) is 0 Å². The molecule has 122 valence electrons. The van der Waals surface area contributed by atoms with Gasteiger partial charge in [-0.25, -0.2) is 0 Å². The number of hydrogen-bond donors (Lipinski definition) is 2. The van der Waals surface area contributed by atoms with Crippen molar-refractivity contribution in [1.82, 2.24) is 10.6 Å². The van der Waals surface area contributed by atoms with E-state index in [1.54, 1.807) is 12.1 Å². The maximum Gasteiger partial charge on any atom is 0.293 e. The number of halogens is 1. The van der Waals surface area contributed by atoms with Gasteiger partial charge in [0.05, 0.1) is 6.10 Å². The third kappa shape index (κ3) is 5.69. The lowest BCUT2D eigenvalue weighted by molar-refractivity contribution is 0.0948. The number of nitrogens with one attached hydrogen (secondary N) is 2. The molecule has 7 heteroatoms. The normalized spacial score (nSPS) is 10.4. The molecule has 2 aromatic rings. The second-order valence-corrected chi connectivity index (χ2v) is 6.24. The van der Waals surface area contributed by atoms with Crippen molar-refractivity contribution in [2.24, 2.45) is 0 Å². The van der Waals surface area contributed by atoms with Gasteiger partial charge in [0, 0.05) is 6.54 Å². The molecule has 0 fully saturated rings. The molecule has 1 amide bonds. The van der Waals surface area contributed by atoms with Gasteiger partial charge in [-0.15, -0.1) is 0 Å². The van der Waals surface area contributed by atoms with Crippen LogP contribution in [-0.4, -0.2) is 17.1 Å². The third-order valence-electron chi connectivity index (χ3n) is 2.77. The van der Waals surface area contributed by atoms with Crippen LogP contribution in [-0.2, 0) is 6.54 Å². The zero-order valence-electron chi connectivity index (χ0n) is 12.8. The second-order valence-electron chi connectivity index (χ2n) is 5.05. The Morgan fingerprint density at radius 2 is 1.96 bits per heavy atom. The first kappa shape index (κ1) is 17.5. The fraction of sp³-hybridized carbons (Fsp3) is 0.250. The lowest BCUT2D eigenvalue weighted by atomic mass is 10.2. The predicted octanol–water partition coefficient (Wildman–Crippen LogP) is 3.63. The minimum atomic E-state index is -0.395. The molecule has 0 unspecified atom stereocenters. The fourth-order valence-electron chi connectivity index (χ4n) is 1.79. The Labute approximate surface area is 148 Å². The van der Waals surface area contributed by atoms with E-state index in [1.165, 1.54) is 0 Å². The van der Waals surface area contributed by atoms with Crippen LogP contribution in [0.5, 0.6) is 5.75 Å². The molecule has 1 aromatic heterocycles. The molecule has 0 atom stereocenters. The van der Waals surface area contributed by atoms with Crippen LogP contribution in [0.15, 0.2) is 45.5 Å². The second kappa shape index (κ2) is 8.12. The molecule has 2 N–H and O–H groups in total. The topological polar surface area (TPSA) is 63.5 Å². The summed E-state index contributed by atoms with van der Waals surface area (Å²) in [5, 5.41) is 5.77. The predicted molar refractivity (Wildman–Crippen MR) is 95.5 cm³/mol. The summed E-state index contributed by atoms with van der Waals surface area (Å²) in [5.41, 5.74) is 1.03. The summed E-state index contributed by atoms with van der Waals surface area (Å²) in [7, 11) is 0. The number of amides is 1. The Morgan fingerprint density at radius 1 is 1.26 bits per heavy atom. The van der Waals surface area contributed by atoms with E-state index in [2.05, 4.69) is 26.6 Å². The molecule has 23 heavy (non-hydrogen) atoms. The van der Waals surface area contributed by atoms with Crippen molar-refractivity contribution in [2.45, 2.75) is 26.5 Å². The average Bonchev–Trinajstić information content (AvgIpc) is 2.93. The van der Waals surface area contributed by atoms with Crippen molar-refractivity contribution in [3.8, 4) is 5.75 Å². The molecule has 1 heterocycles. The van der Waals surface area contributed by atoms with E-state index in [9.17, 15) is 4.79 Å². The monoisotopic (exact) mass is 396 g/mol. The van der Waals surface area contributed by atoms with Crippen molar-refractivity contribution >= 4 is 39.2 Å². The van der Waals surface area contributed by atoms with Gasteiger partial charge >= 0.3 is 0 Å². The first-order valence-electron chi connectivity index (χ1n) is 7.04. The van der Waals surface area contributed by atoms with Crippen LogP contribution in [0.3, 0.4) is 0 Å². The molecule has 0 aliphatic rings. The average molecular weight is 397 g/mol. The summed E-state index contributed by atoms with van der Waals surface area (Å²) in [5.74, 6) is 0.619. The van der Waals surface area contributed by atoms with Crippen molar-refractivity contribution in [3.05, 3.63) is 52.4 Å². The molecule has 0 radical (unpaired) electrons. The Hall–Kier alpha value is -1.86. The fourth-order valence-corrected chi connectivity index (χ4v) is 2.26. The number of ether oxygens (including phenoxy) is 1. The van der Waals surface area contributed by atoms with Gasteiger partial charge in [0.25, 0.3) is 5.91 Å². The number of benzene rings is 1. The van der Waals surface area contributed by atoms with Crippen LogP contribution in [0.2, 0.25) is 0 Å². The summed E-state index contributed by atoms with van der Waals surface area (Å²) in [4.78, 5) is 11.9. The molecule has 2 rings (SSSR count). The molecule has 0 saturated carbocycles. The van der Waals surface area contributed by atoms with Crippen LogP contribution in [0, 0.1) is 0 Å². The van der Waals surface area contributed by atoms with Gasteiger partial charge in [-0.1, -0.05) is 12.1 Å². The number of furan rings is 1. The van der Waals surface area contributed by atoms with Gasteiger partial charge in [-0.05, 0) is 71.8 Å². The highest BCUT2D eigenvalue weighted by Crippen LogP contribution is 2.14. The SMILES string of the molecule is CC(C)Oc1ccc(CNC(=S)NC(=O)c2ccc(Br)o2)cc1. The van der Waals surface area contributed by atoms with E-state index in [1.807, 2.05) is 38.1 Å². The maximum atomic E-state index is 11.9. The van der Waals surface area contributed by atoms with Crippen LogP contribution < -0.4 is 15.4 Å². The highest BCUT2D eigenvalue weighted by atomic mass is 79.9. The highest BCUT2D eigenvalue weighted by Gasteiger charge is 2.11. The minimum Gasteiger partial charge on any atom is -0.491 e. The summed E-state index contributed by atoms with van der Waals surface area (Å²) >= 11 is 8.24. The van der Waals surface area contributed by atoms with Crippen LogP contribution in [0.1, 0.15) is 30.0 Å². The van der Waals surface area contributed by atoms with E-state index >= 15 is 0 Å². The summed E-state index contributed by atoms with van der Waals surface area (Å²) in [6.07, 6.45) is 0.142. The zero-order chi connectivity index (χ0) is 16.8. The smallest absolute Gasteiger partial charge is 0.293 e. The van der Waals surface area contributed by atoms with Gasteiger partial charge in [0.2, 0.25) is 0 Å². The van der Waals surface area contributed by atoms with Crippen LogP contribution in [0.25, 0.3) is 0 Å². The minimum absolute atomic E-state index is 0.142. The van der Waals surface area contributed by atoms with Gasteiger partial charge in [-0.2, -0.15) is 0 Å². The Kier molecular flexibility index (Phi) is 6.18. The van der Waals surface area contributed by atoms with Crippen LogP contribution in [0.4, 0.5) is 0 Å². The van der Waals surface area contributed by atoms with Gasteiger partial charge in [0.1, 0.15) is 5.75 Å². The molecule has 1 aromatic carbocycles. The molecule has 0 aliphatic heterocycles. The molecular formula is C16H17BrN2O3S. The number of carbonyl (C=O) groups excluding carboxylic acids is 1. The van der Waals surface area contributed by atoms with E-state index < -0.39 is 5.91 Å². The van der Waals surface area contributed by atoms with Gasteiger partial charge in [0.15, 0.2) is 15.5 Å². The molecular weight excluding hydrogens is 380 g/mol. The lowest BCUT2D eigenvalue weighted by Crippen LogP contribution is -2.38. The number of rotatable bonds is 5. The van der Waals surface area contributed by atoms with E-state index in [4.69, 9.17) is 21.4 Å². The lowest BCUT2D eigenvalue weighted by Gasteiger charge is -2.11. The molecule has 0 spiro atoms. The number of thiocarbonyl (C=S) groups is 1. The zero-order valence-corrected chi connectivity index (χ0v) is 15.2. The summed E-state index contributed by atoms with van der Waals surface area (Å²) in [6, 6.07) is 10.9. The molecule has 0 bridgehead atoms. The van der Waals surface area contributed by atoms with E-state index in [0.717, 1.165) is 11.3 Å². The standard InChI is InChI=1S/C16H17BrN2O3S/c1-10(2)21-12-5-3-11(4-6-12)9-18-16(23)19-15(20)13-7-8-14(17)22-13/h3-8,10H,9H2,1-2H3,(H2,18,19,20,23). The van der Waals surface area contributed by atoms with Gasteiger partial charge in [-0.3, -0.25) is 10.1 Å².